The molecule has 0 radical (unpaired) electrons. The van der Waals surface area contributed by atoms with Crippen molar-refractivity contribution in [2.75, 3.05) is 12.4 Å². The summed E-state index contributed by atoms with van der Waals surface area (Å²) in [6.07, 6.45) is 7.47. The van der Waals surface area contributed by atoms with Crippen LogP contribution < -0.4 is 10.1 Å². The average Bonchev–Trinajstić information content (AvgIpc) is 2.48. The van der Waals surface area contributed by atoms with E-state index in [4.69, 9.17) is 4.74 Å². The number of anilines is 1. The Labute approximate surface area is 115 Å². The molecule has 0 amide bonds. The molecule has 1 unspecified atom stereocenters. The topological polar surface area (TPSA) is 45.0 Å². The van der Waals surface area contributed by atoms with Crippen molar-refractivity contribution < 1.29 is 4.74 Å². The molecule has 19 heavy (non-hydrogen) atoms. The van der Waals surface area contributed by atoms with Gasteiger partial charge in [-0.1, -0.05) is 44.2 Å². The third-order valence-corrected chi connectivity index (χ3v) is 3.89. The number of hydrogen-bond acceptors (Lipinski definition) is 3. The largest absolute Gasteiger partial charge is 0.495 e. The van der Waals surface area contributed by atoms with Gasteiger partial charge in [-0.2, -0.15) is 5.26 Å². The molecular formula is C16H22N2O. The average molecular weight is 258 g/mol. The first-order valence-electron chi connectivity index (χ1n) is 7.12. The van der Waals surface area contributed by atoms with Crippen molar-refractivity contribution in [3.63, 3.8) is 0 Å². The van der Waals surface area contributed by atoms with Crippen LogP contribution in [0.15, 0.2) is 24.3 Å². The summed E-state index contributed by atoms with van der Waals surface area (Å²) in [4.78, 5) is 0. The van der Waals surface area contributed by atoms with Crippen molar-refractivity contribution in [2.45, 2.75) is 44.6 Å². The summed E-state index contributed by atoms with van der Waals surface area (Å²) in [5.41, 5.74) is 0.910. The Kier molecular flexibility index (Phi) is 5.09. The molecule has 3 heteroatoms. The number of methoxy groups -OCH3 is 1. The van der Waals surface area contributed by atoms with Gasteiger partial charge in [0.05, 0.1) is 18.9 Å². The van der Waals surface area contributed by atoms with Gasteiger partial charge >= 0.3 is 0 Å². The number of benzene rings is 1. The number of rotatable bonds is 5. The van der Waals surface area contributed by atoms with E-state index in [1.54, 1.807) is 7.11 Å². The maximum atomic E-state index is 9.33. The van der Waals surface area contributed by atoms with E-state index in [1.807, 2.05) is 24.3 Å². The second-order valence-electron chi connectivity index (χ2n) is 5.27. The molecule has 0 saturated heterocycles. The van der Waals surface area contributed by atoms with Crippen LogP contribution in [0, 0.1) is 17.2 Å². The van der Waals surface area contributed by atoms with Crippen molar-refractivity contribution >= 4 is 5.69 Å². The lowest BCUT2D eigenvalue weighted by Gasteiger charge is -2.24. The maximum absolute atomic E-state index is 9.33. The van der Waals surface area contributed by atoms with E-state index in [0.29, 0.717) is 5.92 Å². The molecule has 1 N–H and O–H groups in total. The second-order valence-corrected chi connectivity index (χ2v) is 5.27. The smallest absolute Gasteiger partial charge is 0.141 e. The first-order chi connectivity index (χ1) is 9.33. The highest BCUT2D eigenvalue weighted by Gasteiger charge is 2.19. The molecule has 1 aromatic carbocycles. The molecule has 1 aliphatic rings. The highest BCUT2D eigenvalue weighted by atomic mass is 16.5. The fraction of sp³-hybridized carbons (Fsp3) is 0.562. The van der Waals surface area contributed by atoms with E-state index >= 15 is 0 Å². The van der Waals surface area contributed by atoms with Gasteiger partial charge in [-0.25, -0.2) is 0 Å². The lowest BCUT2D eigenvalue weighted by molar-refractivity contribution is 0.335. The molecule has 1 aromatic rings. The van der Waals surface area contributed by atoms with E-state index in [0.717, 1.165) is 17.9 Å². The Morgan fingerprint density at radius 2 is 2.05 bits per heavy atom. The van der Waals surface area contributed by atoms with E-state index in [9.17, 15) is 5.26 Å². The van der Waals surface area contributed by atoms with E-state index < -0.39 is 0 Å². The van der Waals surface area contributed by atoms with Gasteiger partial charge in [0, 0.05) is 0 Å². The third kappa shape index (κ3) is 3.89. The van der Waals surface area contributed by atoms with Crippen LogP contribution in [0.3, 0.4) is 0 Å². The van der Waals surface area contributed by atoms with Crippen molar-refractivity contribution in [3.05, 3.63) is 24.3 Å². The van der Waals surface area contributed by atoms with Gasteiger partial charge in [-0.15, -0.1) is 0 Å². The van der Waals surface area contributed by atoms with Crippen molar-refractivity contribution in [1.82, 2.24) is 0 Å². The monoisotopic (exact) mass is 258 g/mol. The van der Waals surface area contributed by atoms with Crippen LogP contribution in [-0.4, -0.2) is 13.2 Å². The zero-order valence-corrected chi connectivity index (χ0v) is 11.6. The molecule has 1 aliphatic carbocycles. The van der Waals surface area contributed by atoms with Crippen LogP contribution >= 0.6 is 0 Å². The summed E-state index contributed by atoms with van der Waals surface area (Å²) < 4.78 is 5.31. The predicted molar refractivity (Wildman–Crippen MR) is 77.2 cm³/mol. The molecule has 0 heterocycles. The number of hydrogen-bond donors (Lipinski definition) is 1. The van der Waals surface area contributed by atoms with Gasteiger partial charge in [-0.3, -0.25) is 0 Å². The molecule has 2 rings (SSSR count). The van der Waals surface area contributed by atoms with Crippen LogP contribution in [0.1, 0.15) is 38.5 Å². The number of ether oxygens (including phenoxy) is 1. The molecule has 0 spiro atoms. The van der Waals surface area contributed by atoms with Gasteiger partial charge in [0.25, 0.3) is 0 Å². The maximum Gasteiger partial charge on any atom is 0.141 e. The Morgan fingerprint density at radius 3 is 2.74 bits per heavy atom. The first-order valence-corrected chi connectivity index (χ1v) is 7.12. The van der Waals surface area contributed by atoms with E-state index in [-0.39, 0.29) is 6.04 Å². The summed E-state index contributed by atoms with van der Waals surface area (Å²) in [6.45, 7) is 0. The predicted octanol–water partition coefficient (Wildman–Crippen LogP) is 3.97. The minimum Gasteiger partial charge on any atom is -0.495 e. The Balaban J connectivity index is 1.96. The van der Waals surface area contributed by atoms with Crippen molar-refractivity contribution in [3.8, 4) is 11.8 Å². The van der Waals surface area contributed by atoms with Crippen LogP contribution in [0.5, 0.6) is 5.75 Å². The lowest BCUT2D eigenvalue weighted by atomic mass is 9.85. The molecule has 1 atom stereocenters. The summed E-state index contributed by atoms with van der Waals surface area (Å²) >= 11 is 0. The lowest BCUT2D eigenvalue weighted by Crippen LogP contribution is -2.22. The van der Waals surface area contributed by atoms with E-state index in [2.05, 4.69) is 11.4 Å². The first kappa shape index (κ1) is 13.7. The zero-order chi connectivity index (χ0) is 13.5. The van der Waals surface area contributed by atoms with Gasteiger partial charge in [0.1, 0.15) is 11.8 Å². The second kappa shape index (κ2) is 7.04. The van der Waals surface area contributed by atoms with Gasteiger partial charge in [-0.05, 0) is 24.5 Å². The van der Waals surface area contributed by atoms with Crippen molar-refractivity contribution in [2.24, 2.45) is 5.92 Å². The summed E-state index contributed by atoms with van der Waals surface area (Å²) in [5, 5.41) is 12.6. The molecule has 3 nitrogen and oxygen atoms in total. The molecule has 0 bridgehead atoms. The van der Waals surface area contributed by atoms with Gasteiger partial charge < -0.3 is 10.1 Å². The van der Waals surface area contributed by atoms with Gasteiger partial charge in [0.15, 0.2) is 0 Å². The van der Waals surface area contributed by atoms with Crippen molar-refractivity contribution in [1.29, 1.82) is 5.26 Å². The van der Waals surface area contributed by atoms with E-state index in [1.165, 1.54) is 32.1 Å². The normalized spacial score (nSPS) is 17.5. The Morgan fingerprint density at radius 1 is 1.32 bits per heavy atom. The minimum atomic E-state index is -0.126. The third-order valence-electron chi connectivity index (χ3n) is 3.89. The number of nitrogens with one attached hydrogen (secondary N) is 1. The van der Waals surface area contributed by atoms with Crippen LogP contribution in [0.4, 0.5) is 5.69 Å². The van der Waals surface area contributed by atoms with Crippen LogP contribution in [-0.2, 0) is 0 Å². The fourth-order valence-corrected chi connectivity index (χ4v) is 2.85. The number of nitrogens with zero attached hydrogens (tertiary/aromatic N) is 1. The summed E-state index contributed by atoms with van der Waals surface area (Å²) in [5.74, 6) is 1.49. The van der Waals surface area contributed by atoms with Crippen LogP contribution in [0.25, 0.3) is 0 Å². The number of para-hydroxylation sites is 2. The summed E-state index contributed by atoms with van der Waals surface area (Å²) in [7, 11) is 1.66. The zero-order valence-electron chi connectivity index (χ0n) is 11.6. The Hall–Kier alpha value is -1.69. The Bertz CT molecular complexity index is 433. The highest BCUT2D eigenvalue weighted by molar-refractivity contribution is 5.57. The highest BCUT2D eigenvalue weighted by Crippen LogP contribution is 2.29. The fourth-order valence-electron chi connectivity index (χ4n) is 2.85. The SMILES string of the molecule is COc1ccccc1NC(C#N)CC1CCCCC1. The number of nitriles is 1. The van der Waals surface area contributed by atoms with Crippen LogP contribution in [0.2, 0.25) is 0 Å². The molecule has 102 valence electrons. The summed E-state index contributed by atoms with van der Waals surface area (Å²) in [6, 6.07) is 10.0. The minimum absolute atomic E-state index is 0.126. The molecule has 1 fully saturated rings. The molecule has 0 aromatic heterocycles. The standard InChI is InChI=1S/C16H22N2O/c1-19-16-10-6-5-9-15(16)18-14(12-17)11-13-7-3-2-4-8-13/h5-6,9-10,13-14,18H,2-4,7-8,11H2,1H3. The van der Waals surface area contributed by atoms with Gasteiger partial charge in [0.2, 0.25) is 0 Å². The molecule has 1 saturated carbocycles. The quantitative estimate of drug-likeness (QED) is 0.869. The molecular weight excluding hydrogens is 236 g/mol. The molecule has 0 aliphatic heterocycles.